The van der Waals surface area contributed by atoms with Crippen molar-refractivity contribution in [3.05, 3.63) is 35.4 Å². The highest BCUT2D eigenvalue weighted by molar-refractivity contribution is 5.97. The van der Waals surface area contributed by atoms with Gasteiger partial charge in [0.1, 0.15) is 0 Å². The molecule has 58 valence electrons. The van der Waals surface area contributed by atoms with Gasteiger partial charge in [-0.1, -0.05) is 29.8 Å². The minimum Gasteiger partial charge on any atom is -0.324 e. The van der Waals surface area contributed by atoms with Gasteiger partial charge in [-0.3, -0.25) is 4.79 Å². The molecule has 0 spiro atoms. The maximum Gasteiger partial charge on any atom is 0.176 e. The predicted octanol–water partition coefficient (Wildman–Crippen LogP) is 1.14. The number of hydrogen-bond donors (Lipinski definition) is 1. The lowest BCUT2D eigenvalue weighted by atomic mass is 10.1. The van der Waals surface area contributed by atoms with E-state index >= 15 is 0 Å². The number of hydrogen-bond acceptors (Lipinski definition) is 2. The van der Waals surface area contributed by atoms with Crippen LogP contribution in [-0.4, -0.2) is 12.3 Å². The van der Waals surface area contributed by atoms with Gasteiger partial charge in [-0.2, -0.15) is 0 Å². The first kappa shape index (κ1) is 4.67. The molecule has 2 nitrogen and oxygen atoms in total. The highest BCUT2D eigenvalue weighted by Gasteiger charge is 2.00. The summed E-state index contributed by atoms with van der Waals surface area (Å²) in [6.07, 6.45) is 0. The third kappa shape index (κ3) is 1.88. The van der Waals surface area contributed by atoms with Gasteiger partial charge in [-0.25, -0.2) is 0 Å². The van der Waals surface area contributed by atoms with Crippen molar-refractivity contribution in [1.82, 2.24) is 0 Å². The molecule has 1 rings (SSSR count). The second-order valence-corrected chi connectivity index (χ2v) is 2.20. The number of carbonyl (C=O) groups excluding carboxylic acids is 1. The fourth-order valence-corrected chi connectivity index (χ4v) is 0.774. The van der Waals surface area contributed by atoms with Crippen LogP contribution in [0.2, 0.25) is 0 Å². The first-order valence-corrected chi connectivity index (χ1v) is 3.29. The molecular weight excluding hydrogens is 138 g/mol. The van der Waals surface area contributed by atoms with Crippen molar-refractivity contribution >= 4 is 5.78 Å². The zero-order chi connectivity index (χ0) is 10.8. The summed E-state index contributed by atoms with van der Waals surface area (Å²) in [5.41, 5.74) is 5.84. The molecule has 0 aromatic heterocycles. The van der Waals surface area contributed by atoms with E-state index in [1.807, 2.05) is 0 Å². The highest BCUT2D eigenvalue weighted by atomic mass is 16.1. The minimum absolute atomic E-state index is 0.0624. The van der Waals surface area contributed by atoms with E-state index in [0.29, 0.717) is 5.56 Å². The second-order valence-electron chi connectivity index (χ2n) is 2.20. The SMILES string of the molecule is [2H]C([2H])([2H])c1ccc(C(=O)CN)cc1. The van der Waals surface area contributed by atoms with Gasteiger partial charge in [0.2, 0.25) is 0 Å². The van der Waals surface area contributed by atoms with Crippen LogP contribution in [0.1, 0.15) is 20.0 Å². The quantitative estimate of drug-likeness (QED) is 0.646. The molecule has 0 aliphatic carbocycles. The molecule has 0 aliphatic rings. The topological polar surface area (TPSA) is 43.1 Å². The van der Waals surface area contributed by atoms with E-state index in [2.05, 4.69) is 0 Å². The van der Waals surface area contributed by atoms with E-state index in [-0.39, 0.29) is 17.9 Å². The fourth-order valence-electron chi connectivity index (χ4n) is 0.774. The molecule has 0 bridgehead atoms. The van der Waals surface area contributed by atoms with E-state index in [9.17, 15) is 4.79 Å². The summed E-state index contributed by atoms with van der Waals surface area (Å²) in [6, 6.07) is 5.82. The van der Waals surface area contributed by atoms with Crippen molar-refractivity contribution in [2.75, 3.05) is 6.54 Å². The Morgan fingerprint density at radius 1 is 1.55 bits per heavy atom. The van der Waals surface area contributed by atoms with Gasteiger partial charge in [-0.05, 0) is 6.85 Å². The Balaban J connectivity index is 2.95. The number of rotatable bonds is 2. The molecule has 1 aromatic carbocycles. The first-order valence-electron chi connectivity index (χ1n) is 4.79. The van der Waals surface area contributed by atoms with Crippen molar-refractivity contribution in [3.63, 3.8) is 0 Å². The molecule has 1 aromatic rings. The molecular formula is C9H11NO. The predicted molar refractivity (Wildman–Crippen MR) is 44.6 cm³/mol. The van der Waals surface area contributed by atoms with E-state index in [0.717, 1.165) is 0 Å². The van der Waals surface area contributed by atoms with Crippen LogP contribution in [0.5, 0.6) is 0 Å². The lowest BCUT2D eigenvalue weighted by Crippen LogP contribution is -2.13. The minimum atomic E-state index is -2.12. The molecule has 11 heavy (non-hydrogen) atoms. The third-order valence-corrected chi connectivity index (χ3v) is 1.39. The average molecular weight is 152 g/mol. The van der Waals surface area contributed by atoms with Crippen LogP contribution in [0.4, 0.5) is 0 Å². The largest absolute Gasteiger partial charge is 0.324 e. The number of Topliss-reactive ketones (excluding diaryl/α,β-unsaturated/α-hetero) is 1. The molecule has 2 N–H and O–H groups in total. The number of benzene rings is 1. The lowest BCUT2D eigenvalue weighted by Gasteiger charge is -1.96. The molecule has 0 radical (unpaired) electrons. The Hall–Kier alpha value is -1.15. The van der Waals surface area contributed by atoms with Crippen molar-refractivity contribution in [2.45, 2.75) is 6.85 Å². The van der Waals surface area contributed by atoms with Crippen LogP contribution in [-0.2, 0) is 0 Å². The lowest BCUT2D eigenvalue weighted by molar-refractivity contribution is 0.100. The van der Waals surface area contributed by atoms with E-state index in [1.54, 1.807) is 0 Å². The number of aryl methyl sites for hydroxylation is 1. The number of ketones is 1. The summed E-state index contributed by atoms with van der Waals surface area (Å²) >= 11 is 0. The molecule has 0 saturated heterocycles. The van der Waals surface area contributed by atoms with Gasteiger partial charge in [0.15, 0.2) is 5.78 Å². The number of nitrogens with two attached hydrogens (primary N) is 1. The first-order chi connectivity index (χ1) is 6.45. The second kappa shape index (κ2) is 3.30. The monoisotopic (exact) mass is 152 g/mol. The summed E-state index contributed by atoms with van der Waals surface area (Å²) < 4.78 is 21.4. The van der Waals surface area contributed by atoms with Crippen molar-refractivity contribution < 1.29 is 8.91 Å². The maximum absolute atomic E-state index is 11.1. The molecule has 2 heteroatoms. The summed E-state index contributed by atoms with van der Waals surface area (Å²) in [5, 5.41) is 0. The smallest absolute Gasteiger partial charge is 0.176 e. The normalized spacial score (nSPS) is 14.8. The van der Waals surface area contributed by atoms with Gasteiger partial charge in [0.05, 0.1) is 6.54 Å². The Morgan fingerprint density at radius 2 is 2.18 bits per heavy atom. The van der Waals surface area contributed by atoms with Crippen LogP contribution in [0, 0.1) is 6.85 Å². The van der Waals surface area contributed by atoms with Gasteiger partial charge in [-0.15, -0.1) is 0 Å². The van der Waals surface area contributed by atoms with Crippen LogP contribution < -0.4 is 5.73 Å². The van der Waals surface area contributed by atoms with E-state index in [4.69, 9.17) is 9.85 Å². The third-order valence-electron chi connectivity index (χ3n) is 1.39. The number of carbonyl (C=O) groups is 1. The zero-order valence-electron chi connectivity index (χ0n) is 9.00. The Kier molecular flexibility index (Phi) is 1.40. The van der Waals surface area contributed by atoms with Gasteiger partial charge in [0, 0.05) is 9.68 Å². The summed E-state index contributed by atoms with van der Waals surface area (Å²) in [5.74, 6) is -0.193. The summed E-state index contributed by atoms with van der Waals surface area (Å²) in [7, 11) is 0. The Morgan fingerprint density at radius 3 is 2.64 bits per heavy atom. The van der Waals surface area contributed by atoms with Gasteiger partial charge < -0.3 is 5.73 Å². The Bertz CT molecular complexity index is 329. The van der Waals surface area contributed by atoms with Crippen LogP contribution in [0.15, 0.2) is 24.3 Å². The molecule has 0 amide bonds. The Labute approximate surface area is 70.2 Å². The van der Waals surface area contributed by atoms with Gasteiger partial charge >= 0.3 is 0 Å². The van der Waals surface area contributed by atoms with Gasteiger partial charge in [0.25, 0.3) is 0 Å². The molecule has 0 aliphatic heterocycles. The molecule has 0 atom stereocenters. The van der Waals surface area contributed by atoms with E-state index < -0.39 is 6.85 Å². The zero-order valence-corrected chi connectivity index (χ0v) is 6.00. The van der Waals surface area contributed by atoms with Crippen molar-refractivity contribution in [3.8, 4) is 0 Å². The molecule has 0 heterocycles. The van der Waals surface area contributed by atoms with Crippen molar-refractivity contribution in [1.29, 1.82) is 0 Å². The summed E-state index contributed by atoms with van der Waals surface area (Å²) in [6.45, 7) is -2.18. The molecule has 0 unspecified atom stereocenters. The van der Waals surface area contributed by atoms with Crippen molar-refractivity contribution in [2.24, 2.45) is 5.73 Å². The molecule has 0 fully saturated rings. The van der Waals surface area contributed by atoms with E-state index in [1.165, 1.54) is 24.3 Å². The van der Waals surface area contributed by atoms with Crippen LogP contribution >= 0.6 is 0 Å². The highest BCUT2D eigenvalue weighted by Crippen LogP contribution is 2.02. The van der Waals surface area contributed by atoms with Crippen LogP contribution in [0.25, 0.3) is 0 Å². The van der Waals surface area contributed by atoms with Crippen LogP contribution in [0.3, 0.4) is 0 Å². The fraction of sp³-hybridized carbons (Fsp3) is 0.222. The standard InChI is InChI=1S/C9H11NO/c1-7-2-4-8(5-3-7)9(11)6-10/h2-5H,6,10H2,1H3/i1D3. The maximum atomic E-state index is 11.1. The average Bonchev–Trinajstić information content (AvgIpc) is 2.15. The molecule has 0 saturated carbocycles. The summed E-state index contributed by atoms with van der Waals surface area (Å²) in [4.78, 5) is 11.1.